The Kier molecular flexibility index (Phi) is 5.73. The maximum absolute atomic E-state index is 12.9. The van der Waals surface area contributed by atoms with Crippen LogP contribution >= 0.6 is 11.3 Å². The number of aromatic nitrogens is 1. The van der Waals surface area contributed by atoms with Gasteiger partial charge in [-0.15, -0.1) is 11.3 Å². The Morgan fingerprint density at radius 3 is 2.71 bits per heavy atom. The van der Waals surface area contributed by atoms with Gasteiger partial charge in [0.2, 0.25) is 0 Å². The fourth-order valence-electron chi connectivity index (χ4n) is 4.08. The second-order valence-electron chi connectivity index (χ2n) is 7.48. The summed E-state index contributed by atoms with van der Waals surface area (Å²) in [6.45, 7) is 3.35. The lowest BCUT2D eigenvalue weighted by molar-refractivity contribution is -0.119. The number of esters is 1. The number of primary amides is 1. The van der Waals surface area contributed by atoms with E-state index in [0.29, 0.717) is 33.5 Å². The number of benzene rings is 1. The second kappa shape index (κ2) is 8.47. The minimum absolute atomic E-state index is 0.376. The van der Waals surface area contributed by atoms with Crippen molar-refractivity contribution in [1.29, 1.82) is 0 Å². The number of carbonyl (C=O) groups excluding carboxylic acids is 3. The van der Waals surface area contributed by atoms with E-state index in [1.807, 2.05) is 38.1 Å². The van der Waals surface area contributed by atoms with Gasteiger partial charge in [0.25, 0.3) is 11.8 Å². The summed E-state index contributed by atoms with van der Waals surface area (Å²) in [6, 6.07) is 7.36. The van der Waals surface area contributed by atoms with Gasteiger partial charge in [-0.25, -0.2) is 4.79 Å². The molecular weight excluding hydrogens is 414 g/mol. The summed E-state index contributed by atoms with van der Waals surface area (Å²) in [5.74, 6) is -1.65. The lowest BCUT2D eigenvalue weighted by Crippen LogP contribution is -2.23. The van der Waals surface area contributed by atoms with Gasteiger partial charge in [-0.2, -0.15) is 0 Å². The highest BCUT2D eigenvalue weighted by atomic mass is 32.1. The first kappa shape index (κ1) is 21.0. The minimum atomic E-state index is -0.579. The van der Waals surface area contributed by atoms with Crippen molar-refractivity contribution < 1.29 is 19.1 Å². The lowest BCUT2D eigenvalue weighted by Gasteiger charge is -2.13. The van der Waals surface area contributed by atoms with Crippen LogP contribution in [0.5, 0.6) is 0 Å². The molecule has 0 aliphatic heterocycles. The zero-order valence-corrected chi connectivity index (χ0v) is 18.2. The summed E-state index contributed by atoms with van der Waals surface area (Å²) < 4.78 is 5.34. The average Bonchev–Trinajstić information content (AvgIpc) is 3.32. The highest BCUT2D eigenvalue weighted by Gasteiger charge is 2.26. The Morgan fingerprint density at radius 1 is 1.19 bits per heavy atom. The van der Waals surface area contributed by atoms with Crippen LogP contribution in [0.25, 0.3) is 10.9 Å². The molecule has 0 bridgehead atoms. The van der Waals surface area contributed by atoms with E-state index in [-0.39, 0.29) is 0 Å². The number of nitrogens with zero attached hydrogens (tertiary/aromatic N) is 1. The first-order valence-electron chi connectivity index (χ1n) is 10.2. The number of pyridine rings is 1. The number of aryl methyl sites for hydroxylation is 2. The maximum atomic E-state index is 12.9. The number of hydrogen-bond acceptors (Lipinski definition) is 6. The molecule has 2 heterocycles. The van der Waals surface area contributed by atoms with Crippen LogP contribution in [0, 0.1) is 6.92 Å². The molecule has 1 aliphatic rings. The van der Waals surface area contributed by atoms with Crippen molar-refractivity contribution >= 4 is 45.0 Å². The molecule has 0 saturated heterocycles. The molecule has 0 saturated carbocycles. The Hall–Kier alpha value is -3.26. The van der Waals surface area contributed by atoms with Gasteiger partial charge in [0.15, 0.2) is 6.61 Å². The van der Waals surface area contributed by atoms with Crippen LogP contribution in [0.1, 0.15) is 55.8 Å². The quantitative estimate of drug-likeness (QED) is 0.573. The number of nitrogens with one attached hydrogen (secondary N) is 1. The third-order valence-corrected chi connectivity index (χ3v) is 6.74. The topological polar surface area (TPSA) is 111 Å². The zero-order valence-electron chi connectivity index (χ0n) is 17.4. The second-order valence-corrected chi connectivity index (χ2v) is 8.58. The third-order valence-electron chi connectivity index (χ3n) is 5.53. The maximum Gasteiger partial charge on any atom is 0.339 e. The molecule has 7 nitrogen and oxygen atoms in total. The summed E-state index contributed by atoms with van der Waals surface area (Å²) in [6.07, 6.45) is 3.31. The van der Waals surface area contributed by atoms with Gasteiger partial charge in [-0.1, -0.05) is 25.1 Å². The molecule has 0 fully saturated rings. The van der Waals surface area contributed by atoms with Crippen LogP contribution in [0.2, 0.25) is 0 Å². The average molecular weight is 438 g/mol. The molecule has 2 amide bonds. The van der Waals surface area contributed by atoms with E-state index in [2.05, 4.69) is 10.3 Å². The first-order chi connectivity index (χ1) is 14.9. The molecule has 160 valence electrons. The minimum Gasteiger partial charge on any atom is -0.452 e. The van der Waals surface area contributed by atoms with E-state index < -0.39 is 24.4 Å². The Morgan fingerprint density at radius 2 is 1.97 bits per heavy atom. The van der Waals surface area contributed by atoms with Gasteiger partial charge in [0.1, 0.15) is 5.00 Å². The molecule has 3 aromatic rings. The van der Waals surface area contributed by atoms with Crippen LogP contribution in [0.3, 0.4) is 0 Å². The highest BCUT2D eigenvalue weighted by molar-refractivity contribution is 7.17. The summed E-state index contributed by atoms with van der Waals surface area (Å²) in [4.78, 5) is 42.9. The van der Waals surface area contributed by atoms with E-state index in [0.717, 1.165) is 41.0 Å². The fraction of sp³-hybridized carbons (Fsp3) is 0.304. The van der Waals surface area contributed by atoms with Gasteiger partial charge in [-0.3, -0.25) is 14.6 Å². The number of ether oxygens (including phenoxy) is 1. The smallest absolute Gasteiger partial charge is 0.339 e. The number of carbonyl (C=O) groups is 3. The Balaban J connectivity index is 1.52. The predicted molar refractivity (Wildman–Crippen MR) is 120 cm³/mol. The van der Waals surface area contributed by atoms with Crippen LogP contribution in [-0.2, 0) is 28.8 Å². The van der Waals surface area contributed by atoms with E-state index in [1.165, 1.54) is 11.3 Å². The number of thiophene rings is 1. The molecule has 1 aliphatic carbocycles. The Bertz CT molecular complexity index is 1220. The van der Waals surface area contributed by atoms with Crippen molar-refractivity contribution in [1.82, 2.24) is 4.98 Å². The number of fused-ring (bicyclic) bond motifs is 2. The monoisotopic (exact) mass is 437 g/mol. The largest absolute Gasteiger partial charge is 0.452 e. The standard InChI is InChI=1S/C23H23N3O4S/c1-3-15-12(2)19(13-7-4-5-9-16(13)25-15)23(29)30-11-18(27)26-22-20(21(24)28)14-8-6-10-17(14)31-22/h4-5,7,9H,3,6,8,10-11H2,1-2H3,(H2,24,28)(H,26,27). The molecule has 2 aromatic heterocycles. The number of para-hydroxylation sites is 1. The first-order valence-corrected chi connectivity index (χ1v) is 11.0. The molecule has 8 heteroatoms. The number of nitrogens with two attached hydrogens (primary N) is 1. The summed E-state index contributed by atoms with van der Waals surface area (Å²) in [7, 11) is 0. The van der Waals surface area contributed by atoms with E-state index in [9.17, 15) is 14.4 Å². The molecule has 31 heavy (non-hydrogen) atoms. The van der Waals surface area contributed by atoms with Crippen LogP contribution in [-0.4, -0.2) is 29.4 Å². The van der Waals surface area contributed by atoms with Crippen LogP contribution in [0.15, 0.2) is 24.3 Å². The van der Waals surface area contributed by atoms with Gasteiger partial charge in [0, 0.05) is 16.0 Å². The van der Waals surface area contributed by atoms with Crippen LogP contribution in [0.4, 0.5) is 5.00 Å². The number of amides is 2. The fourth-order valence-corrected chi connectivity index (χ4v) is 5.40. The van der Waals surface area contributed by atoms with Gasteiger partial charge in [0.05, 0.1) is 16.6 Å². The molecule has 0 atom stereocenters. The van der Waals surface area contributed by atoms with Crippen LogP contribution < -0.4 is 11.1 Å². The Labute approximate surface area is 183 Å². The molecule has 1 aromatic carbocycles. The molecule has 0 spiro atoms. The molecule has 0 unspecified atom stereocenters. The SMILES string of the molecule is CCc1nc2ccccc2c(C(=O)OCC(=O)Nc2sc3c(c2C(N)=O)CCC3)c1C. The zero-order chi connectivity index (χ0) is 22.1. The number of hydrogen-bond donors (Lipinski definition) is 2. The van der Waals surface area contributed by atoms with E-state index >= 15 is 0 Å². The summed E-state index contributed by atoms with van der Waals surface area (Å²) >= 11 is 1.36. The summed E-state index contributed by atoms with van der Waals surface area (Å²) in [5.41, 5.74) is 9.52. The van der Waals surface area contributed by atoms with Gasteiger partial charge in [-0.05, 0) is 49.8 Å². The van der Waals surface area contributed by atoms with E-state index in [4.69, 9.17) is 10.5 Å². The normalized spacial score (nSPS) is 12.6. The summed E-state index contributed by atoms with van der Waals surface area (Å²) in [5, 5.41) is 3.81. The lowest BCUT2D eigenvalue weighted by atomic mass is 10.0. The van der Waals surface area contributed by atoms with Crippen molar-refractivity contribution in [3.63, 3.8) is 0 Å². The molecular formula is C23H23N3O4S. The van der Waals surface area contributed by atoms with Gasteiger partial charge >= 0.3 is 5.97 Å². The van der Waals surface area contributed by atoms with Crippen molar-refractivity contribution in [2.75, 3.05) is 11.9 Å². The predicted octanol–water partition coefficient (Wildman–Crippen LogP) is 3.55. The van der Waals surface area contributed by atoms with Crippen molar-refractivity contribution in [3.8, 4) is 0 Å². The van der Waals surface area contributed by atoms with E-state index in [1.54, 1.807) is 0 Å². The van der Waals surface area contributed by atoms with Crippen molar-refractivity contribution in [2.24, 2.45) is 5.73 Å². The highest BCUT2D eigenvalue weighted by Crippen LogP contribution is 2.38. The van der Waals surface area contributed by atoms with Crippen molar-refractivity contribution in [3.05, 3.63) is 57.1 Å². The number of rotatable bonds is 6. The number of anilines is 1. The third kappa shape index (κ3) is 3.90. The molecule has 4 rings (SSSR count). The molecule has 3 N–H and O–H groups in total. The van der Waals surface area contributed by atoms with Crippen molar-refractivity contribution in [2.45, 2.75) is 39.5 Å². The molecule has 0 radical (unpaired) electrons. The van der Waals surface area contributed by atoms with Gasteiger partial charge < -0.3 is 15.8 Å².